The van der Waals surface area contributed by atoms with Gasteiger partial charge < -0.3 is 24.1 Å². The number of aliphatic carboxylic acids is 1. The molecular weight excluding hydrogens is 773 g/mol. The Morgan fingerprint density at radius 1 is 0.426 bits per heavy atom. The highest BCUT2D eigenvalue weighted by atomic mass is 16.6. The van der Waals surface area contributed by atoms with Crippen LogP contribution in [-0.4, -0.2) is 60.9 Å². The van der Waals surface area contributed by atoms with Gasteiger partial charge in [-0.1, -0.05) is 158 Å². The first-order valence-electron chi connectivity index (χ1n) is 25.3. The van der Waals surface area contributed by atoms with E-state index in [4.69, 9.17) is 18.9 Å². The van der Waals surface area contributed by atoms with Crippen LogP contribution in [0, 0.1) is 16.2 Å². The molecule has 0 rings (SSSR count). The van der Waals surface area contributed by atoms with Crippen molar-refractivity contribution in [3.63, 3.8) is 0 Å². The number of carboxylic acids is 1. The largest absolute Gasteiger partial charge is 0.481 e. The number of carbonyl (C=O) groups excluding carboxylic acids is 4. The lowest BCUT2D eigenvalue weighted by Crippen LogP contribution is -2.51. The molecule has 0 fully saturated rings. The van der Waals surface area contributed by atoms with Crippen LogP contribution in [0.5, 0.6) is 0 Å². The lowest BCUT2D eigenvalue weighted by molar-refractivity contribution is -0.184. The van der Waals surface area contributed by atoms with E-state index in [0.29, 0.717) is 64.2 Å². The molecule has 61 heavy (non-hydrogen) atoms. The van der Waals surface area contributed by atoms with Crippen molar-refractivity contribution in [2.45, 2.75) is 261 Å². The molecule has 10 nitrogen and oxygen atoms in total. The summed E-state index contributed by atoms with van der Waals surface area (Å²) in [5.74, 6) is -2.42. The molecule has 0 spiro atoms. The molecule has 0 radical (unpaired) electrons. The minimum Gasteiger partial charge on any atom is -0.481 e. The van der Waals surface area contributed by atoms with Gasteiger partial charge in [0.2, 0.25) is 0 Å². The van der Waals surface area contributed by atoms with Crippen molar-refractivity contribution in [2.24, 2.45) is 16.2 Å². The second kappa shape index (κ2) is 35.8. The number of unbranched alkanes of at least 4 members (excludes halogenated alkanes) is 16. The predicted octanol–water partition coefficient (Wildman–Crippen LogP) is 13.8. The summed E-state index contributed by atoms with van der Waals surface area (Å²) < 4.78 is 24.5. The van der Waals surface area contributed by atoms with Gasteiger partial charge in [0.1, 0.15) is 31.3 Å². The third-order valence-electron chi connectivity index (χ3n) is 13.6. The van der Waals surface area contributed by atoms with Crippen LogP contribution in [0.3, 0.4) is 0 Å². The van der Waals surface area contributed by atoms with E-state index in [9.17, 15) is 29.1 Å². The number of esters is 4. The molecule has 0 saturated carbocycles. The molecule has 1 unspecified atom stereocenters. The van der Waals surface area contributed by atoms with Crippen molar-refractivity contribution >= 4 is 29.8 Å². The van der Waals surface area contributed by atoms with E-state index in [1.165, 1.54) is 0 Å². The Labute approximate surface area is 373 Å². The van der Waals surface area contributed by atoms with Gasteiger partial charge in [0.25, 0.3) is 0 Å². The molecule has 0 aliphatic carbocycles. The van der Waals surface area contributed by atoms with E-state index in [1.807, 2.05) is 13.8 Å². The van der Waals surface area contributed by atoms with Crippen LogP contribution in [0.4, 0.5) is 0 Å². The van der Waals surface area contributed by atoms with Crippen LogP contribution in [0.1, 0.15) is 254 Å². The fraction of sp³-hybridized carbons (Fsp3) is 0.902. The zero-order chi connectivity index (χ0) is 45.8. The first kappa shape index (κ1) is 58.4. The average Bonchev–Trinajstić information content (AvgIpc) is 3.25. The number of carboxylic acid groups (broad SMARTS) is 1. The molecule has 0 aromatic carbocycles. The fourth-order valence-electron chi connectivity index (χ4n) is 9.17. The molecular formula is C51H94O10. The molecule has 0 aromatic rings. The smallest absolute Gasteiger partial charge is 0.310 e. The van der Waals surface area contributed by atoms with E-state index in [-0.39, 0.29) is 51.9 Å². The van der Waals surface area contributed by atoms with Crippen molar-refractivity contribution < 1.29 is 48.0 Å². The molecule has 10 heteroatoms. The van der Waals surface area contributed by atoms with Gasteiger partial charge in [-0.25, -0.2) is 0 Å². The Balaban J connectivity index is 7.10. The standard InChI is InChI=1S/C51H94O10/c1-9-17-21-25-29-35-44(52)58-40-49(41-59-45(53)36-30-26-22-18-10-2,42-60-46(54)37-31-27-23-19-11-3)43(61-47(55)38-32-28-24-20-12-4)34-33-39-50(13-5,14-6)51(15-7,16-8)48(56)57/h43H,9-42H2,1-8H3,(H,56,57). The molecule has 0 bridgehead atoms. The normalized spacial score (nSPS) is 12.5. The summed E-state index contributed by atoms with van der Waals surface area (Å²) in [5, 5.41) is 10.7. The summed E-state index contributed by atoms with van der Waals surface area (Å²) >= 11 is 0. The van der Waals surface area contributed by atoms with E-state index < -0.39 is 52.2 Å². The first-order chi connectivity index (χ1) is 29.4. The average molecular weight is 867 g/mol. The summed E-state index contributed by atoms with van der Waals surface area (Å²) in [6.07, 6.45) is 22.7. The van der Waals surface area contributed by atoms with Crippen molar-refractivity contribution in [2.75, 3.05) is 19.8 Å². The number of ether oxygens (including phenoxy) is 4. The molecule has 1 atom stereocenters. The number of rotatable bonds is 42. The quantitative estimate of drug-likeness (QED) is 0.0358. The first-order valence-corrected chi connectivity index (χ1v) is 25.3. The molecule has 0 aliphatic rings. The van der Waals surface area contributed by atoms with Gasteiger partial charge in [-0.05, 0) is 76.0 Å². The van der Waals surface area contributed by atoms with Gasteiger partial charge in [0, 0.05) is 25.7 Å². The van der Waals surface area contributed by atoms with E-state index in [2.05, 4.69) is 41.5 Å². The van der Waals surface area contributed by atoms with Crippen LogP contribution in [0.25, 0.3) is 0 Å². The van der Waals surface area contributed by atoms with Crippen molar-refractivity contribution in [1.82, 2.24) is 0 Å². The summed E-state index contributed by atoms with van der Waals surface area (Å²) in [4.78, 5) is 67.0. The van der Waals surface area contributed by atoms with Gasteiger partial charge in [-0.15, -0.1) is 0 Å². The van der Waals surface area contributed by atoms with Gasteiger partial charge >= 0.3 is 29.8 Å². The van der Waals surface area contributed by atoms with Crippen molar-refractivity contribution in [3.8, 4) is 0 Å². The molecule has 1 N–H and O–H groups in total. The van der Waals surface area contributed by atoms with Gasteiger partial charge in [-0.2, -0.15) is 0 Å². The predicted molar refractivity (Wildman–Crippen MR) is 246 cm³/mol. The topological polar surface area (TPSA) is 142 Å². The van der Waals surface area contributed by atoms with Crippen molar-refractivity contribution in [1.29, 1.82) is 0 Å². The summed E-state index contributed by atoms with van der Waals surface area (Å²) in [6.45, 7) is 15.8. The van der Waals surface area contributed by atoms with Crippen LogP contribution < -0.4 is 0 Å². The van der Waals surface area contributed by atoms with E-state index in [0.717, 1.165) is 103 Å². The molecule has 0 heterocycles. The fourth-order valence-corrected chi connectivity index (χ4v) is 9.17. The Morgan fingerprint density at radius 2 is 0.754 bits per heavy atom. The van der Waals surface area contributed by atoms with E-state index >= 15 is 0 Å². The molecule has 0 saturated heterocycles. The highest BCUT2D eigenvalue weighted by molar-refractivity contribution is 5.76. The van der Waals surface area contributed by atoms with Crippen LogP contribution >= 0.6 is 0 Å². The zero-order valence-electron chi connectivity index (χ0n) is 40.7. The maximum Gasteiger partial charge on any atom is 0.310 e. The molecule has 358 valence electrons. The summed E-state index contributed by atoms with van der Waals surface area (Å²) in [6, 6.07) is 0. The third-order valence-corrected chi connectivity index (χ3v) is 13.6. The molecule has 0 aliphatic heterocycles. The second-order valence-corrected chi connectivity index (χ2v) is 18.0. The third kappa shape index (κ3) is 23.0. The second-order valence-electron chi connectivity index (χ2n) is 18.0. The summed E-state index contributed by atoms with van der Waals surface area (Å²) in [7, 11) is 0. The molecule has 0 amide bonds. The number of carbonyl (C=O) groups is 5. The lowest BCUT2D eigenvalue weighted by atomic mass is 9.55. The van der Waals surface area contributed by atoms with Crippen molar-refractivity contribution in [3.05, 3.63) is 0 Å². The lowest BCUT2D eigenvalue weighted by Gasteiger charge is -2.48. The SMILES string of the molecule is CCCCCCCC(=O)OCC(COC(=O)CCCCCCC)(COC(=O)CCCCCCC)C(CCCC(CC)(CC)C(CC)(CC)C(=O)O)OC(=O)CCCCCCC. The van der Waals surface area contributed by atoms with E-state index in [1.54, 1.807) is 0 Å². The number of hydrogen-bond donors (Lipinski definition) is 1. The zero-order valence-corrected chi connectivity index (χ0v) is 40.7. The monoisotopic (exact) mass is 867 g/mol. The van der Waals surface area contributed by atoms with Gasteiger partial charge in [0.05, 0.1) is 5.41 Å². The maximum absolute atomic E-state index is 13.8. The highest BCUT2D eigenvalue weighted by Gasteiger charge is 2.52. The summed E-state index contributed by atoms with van der Waals surface area (Å²) in [5.41, 5.74) is -2.85. The Morgan fingerprint density at radius 3 is 1.05 bits per heavy atom. The van der Waals surface area contributed by atoms with Gasteiger partial charge in [0.15, 0.2) is 0 Å². The van der Waals surface area contributed by atoms with Crippen LogP contribution in [0.15, 0.2) is 0 Å². The van der Waals surface area contributed by atoms with Crippen LogP contribution in [-0.2, 0) is 42.9 Å². The minimum atomic E-state index is -1.38. The highest BCUT2D eigenvalue weighted by Crippen LogP contribution is 2.53. The Bertz CT molecular complexity index is 1080. The number of hydrogen-bond acceptors (Lipinski definition) is 9. The van der Waals surface area contributed by atoms with Gasteiger partial charge in [-0.3, -0.25) is 24.0 Å². The maximum atomic E-state index is 13.8. The molecule has 0 aromatic heterocycles. The Kier molecular flexibility index (Phi) is 34.2. The Hall–Kier alpha value is -2.65. The minimum absolute atomic E-state index is 0.199. The van der Waals surface area contributed by atoms with Crippen LogP contribution in [0.2, 0.25) is 0 Å².